The summed E-state index contributed by atoms with van der Waals surface area (Å²) in [7, 11) is 0. The van der Waals surface area contributed by atoms with Crippen LogP contribution in [-0.2, 0) is 6.54 Å². The van der Waals surface area contributed by atoms with Gasteiger partial charge in [0.15, 0.2) is 0 Å². The smallest absolute Gasteiger partial charge is 0.0214 e. The molecular formula is C13H22N2. The number of hydrogen-bond acceptors (Lipinski definition) is 2. The zero-order valence-corrected chi connectivity index (χ0v) is 9.96. The molecule has 0 heterocycles. The van der Waals surface area contributed by atoms with E-state index in [0.717, 1.165) is 13.1 Å². The maximum Gasteiger partial charge on any atom is 0.0214 e. The first-order valence-corrected chi connectivity index (χ1v) is 5.50. The minimum atomic E-state index is 0.170. The first kappa shape index (κ1) is 12.2. The fourth-order valence-corrected chi connectivity index (χ4v) is 1.27. The van der Waals surface area contributed by atoms with Crippen molar-refractivity contribution in [3.8, 4) is 0 Å². The first-order chi connectivity index (χ1) is 7.00. The summed E-state index contributed by atoms with van der Waals surface area (Å²) in [6, 6.07) is 10.6. The Morgan fingerprint density at radius 2 is 1.80 bits per heavy atom. The standard InChI is InChI=1S/C13H22N2/c1-13(2,3)12(14)10-15-9-11-7-5-4-6-8-11/h4-8,12,15H,9-10,14H2,1-3H3. The minimum absolute atomic E-state index is 0.170. The molecular weight excluding hydrogens is 184 g/mol. The Morgan fingerprint density at radius 3 is 2.33 bits per heavy atom. The second kappa shape index (κ2) is 5.29. The maximum absolute atomic E-state index is 6.05. The van der Waals surface area contributed by atoms with E-state index in [1.807, 2.05) is 6.07 Å². The monoisotopic (exact) mass is 206 g/mol. The summed E-state index contributed by atoms with van der Waals surface area (Å²) in [6.45, 7) is 8.26. The van der Waals surface area contributed by atoms with Gasteiger partial charge in [-0.05, 0) is 11.0 Å². The van der Waals surface area contributed by atoms with Gasteiger partial charge >= 0.3 is 0 Å². The van der Waals surface area contributed by atoms with Crippen LogP contribution in [0.4, 0.5) is 0 Å². The number of benzene rings is 1. The van der Waals surface area contributed by atoms with Gasteiger partial charge in [0.05, 0.1) is 0 Å². The van der Waals surface area contributed by atoms with Gasteiger partial charge in [-0.1, -0.05) is 51.1 Å². The normalized spacial score (nSPS) is 13.9. The molecule has 0 amide bonds. The molecule has 2 heteroatoms. The molecule has 1 unspecified atom stereocenters. The molecule has 0 aliphatic carbocycles. The quantitative estimate of drug-likeness (QED) is 0.792. The zero-order valence-electron chi connectivity index (χ0n) is 9.96. The van der Waals surface area contributed by atoms with E-state index in [-0.39, 0.29) is 11.5 Å². The van der Waals surface area contributed by atoms with E-state index in [0.29, 0.717) is 0 Å². The first-order valence-electron chi connectivity index (χ1n) is 5.50. The average molecular weight is 206 g/mol. The van der Waals surface area contributed by atoms with Gasteiger partial charge in [-0.2, -0.15) is 0 Å². The predicted molar refractivity (Wildman–Crippen MR) is 65.6 cm³/mol. The molecule has 3 N–H and O–H groups in total. The molecule has 0 aromatic heterocycles. The molecule has 0 spiro atoms. The Kier molecular flexibility index (Phi) is 4.30. The van der Waals surface area contributed by atoms with Crippen LogP contribution in [0.2, 0.25) is 0 Å². The molecule has 0 fully saturated rings. The fourth-order valence-electron chi connectivity index (χ4n) is 1.27. The van der Waals surface area contributed by atoms with Crippen molar-refractivity contribution in [1.82, 2.24) is 5.32 Å². The van der Waals surface area contributed by atoms with Gasteiger partial charge in [0.1, 0.15) is 0 Å². The summed E-state index contributed by atoms with van der Waals surface area (Å²) >= 11 is 0. The molecule has 0 aliphatic rings. The van der Waals surface area contributed by atoms with E-state index < -0.39 is 0 Å². The topological polar surface area (TPSA) is 38.0 Å². The molecule has 0 radical (unpaired) electrons. The van der Waals surface area contributed by atoms with Crippen LogP contribution >= 0.6 is 0 Å². The van der Waals surface area contributed by atoms with Crippen molar-refractivity contribution >= 4 is 0 Å². The van der Waals surface area contributed by atoms with E-state index >= 15 is 0 Å². The highest BCUT2D eigenvalue weighted by Crippen LogP contribution is 2.16. The van der Waals surface area contributed by atoms with Crippen molar-refractivity contribution in [3.05, 3.63) is 35.9 Å². The Morgan fingerprint density at radius 1 is 1.20 bits per heavy atom. The highest BCUT2D eigenvalue weighted by atomic mass is 14.9. The van der Waals surface area contributed by atoms with E-state index in [4.69, 9.17) is 5.73 Å². The van der Waals surface area contributed by atoms with E-state index in [9.17, 15) is 0 Å². The van der Waals surface area contributed by atoms with Crippen molar-refractivity contribution in [1.29, 1.82) is 0 Å². The molecule has 1 aromatic rings. The van der Waals surface area contributed by atoms with Crippen LogP contribution in [0, 0.1) is 5.41 Å². The van der Waals surface area contributed by atoms with Crippen LogP contribution in [0.3, 0.4) is 0 Å². The van der Waals surface area contributed by atoms with Crippen LogP contribution in [-0.4, -0.2) is 12.6 Å². The van der Waals surface area contributed by atoms with E-state index in [1.165, 1.54) is 5.56 Å². The second-order valence-corrected chi connectivity index (χ2v) is 5.09. The maximum atomic E-state index is 6.05. The molecule has 1 atom stereocenters. The zero-order chi connectivity index (χ0) is 11.3. The molecule has 1 rings (SSSR count). The highest BCUT2D eigenvalue weighted by molar-refractivity contribution is 5.14. The Bertz CT molecular complexity index is 274. The SMILES string of the molecule is CC(C)(C)C(N)CNCc1ccccc1. The lowest BCUT2D eigenvalue weighted by Gasteiger charge is -2.27. The van der Waals surface area contributed by atoms with Gasteiger partial charge in [0, 0.05) is 19.1 Å². The van der Waals surface area contributed by atoms with E-state index in [1.54, 1.807) is 0 Å². The van der Waals surface area contributed by atoms with Gasteiger partial charge in [0.25, 0.3) is 0 Å². The third-order valence-electron chi connectivity index (χ3n) is 2.65. The van der Waals surface area contributed by atoms with Gasteiger partial charge in [-0.3, -0.25) is 0 Å². The number of hydrogen-bond donors (Lipinski definition) is 2. The molecule has 2 nitrogen and oxygen atoms in total. The summed E-state index contributed by atoms with van der Waals surface area (Å²) in [5, 5.41) is 3.38. The summed E-state index contributed by atoms with van der Waals surface area (Å²) in [4.78, 5) is 0. The Labute approximate surface area is 92.9 Å². The molecule has 0 saturated carbocycles. The van der Waals surface area contributed by atoms with Crippen molar-refractivity contribution in [3.63, 3.8) is 0 Å². The summed E-state index contributed by atoms with van der Waals surface area (Å²) in [6.07, 6.45) is 0. The summed E-state index contributed by atoms with van der Waals surface area (Å²) < 4.78 is 0. The molecule has 1 aromatic carbocycles. The largest absolute Gasteiger partial charge is 0.326 e. The Hall–Kier alpha value is -0.860. The molecule has 84 valence electrons. The van der Waals surface area contributed by atoms with Crippen molar-refractivity contribution in [2.75, 3.05) is 6.54 Å². The van der Waals surface area contributed by atoms with Gasteiger partial charge in [0.2, 0.25) is 0 Å². The lowest BCUT2D eigenvalue weighted by molar-refractivity contribution is 0.309. The van der Waals surface area contributed by atoms with Gasteiger partial charge in [-0.25, -0.2) is 0 Å². The predicted octanol–water partition coefficient (Wildman–Crippen LogP) is 2.15. The van der Waals surface area contributed by atoms with Crippen LogP contribution in [0.15, 0.2) is 30.3 Å². The Balaban J connectivity index is 2.28. The van der Waals surface area contributed by atoms with Gasteiger partial charge in [-0.15, -0.1) is 0 Å². The van der Waals surface area contributed by atoms with Crippen molar-refractivity contribution in [2.45, 2.75) is 33.4 Å². The minimum Gasteiger partial charge on any atom is -0.326 e. The van der Waals surface area contributed by atoms with Crippen molar-refractivity contribution in [2.24, 2.45) is 11.1 Å². The number of nitrogens with two attached hydrogens (primary N) is 1. The van der Waals surface area contributed by atoms with Crippen LogP contribution in [0.1, 0.15) is 26.3 Å². The lowest BCUT2D eigenvalue weighted by atomic mass is 9.87. The van der Waals surface area contributed by atoms with Gasteiger partial charge < -0.3 is 11.1 Å². The highest BCUT2D eigenvalue weighted by Gasteiger charge is 2.19. The summed E-state index contributed by atoms with van der Waals surface area (Å²) in [5.74, 6) is 0. The third kappa shape index (κ3) is 4.45. The van der Waals surface area contributed by atoms with Crippen molar-refractivity contribution < 1.29 is 0 Å². The third-order valence-corrected chi connectivity index (χ3v) is 2.65. The second-order valence-electron chi connectivity index (χ2n) is 5.09. The lowest BCUT2D eigenvalue weighted by Crippen LogP contribution is -2.43. The molecule has 0 saturated heterocycles. The molecule has 0 bridgehead atoms. The fraction of sp³-hybridized carbons (Fsp3) is 0.538. The molecule has 15 heavy (non-hydrogen) atoms. The number of rotatable bonds is 4. The van der Waals surface area contributed by atoms with Crippen LogP contribution in [0.5, 0.6) is 0 Å². The number of nitrogens with one attached hydrogen (secondary N) is 1. The summed E-state index contributed by atoms with van der Waals surface area (Å²) in [5.41, 5.74) is 7.53. The average Bonchev–Trinajstić information content (AvgIpc) is 2.18. The van der Waals surface area contributed by atoms with E-state index in [2.05, 4.69) is 50.4 Å². The van der Waals surface area contributed by atoms with Crippen LogP contribution < -0.4 is 11.1 Å². The van der Waals surface area contributed by atoms with Crippen LogP contribution in [0.25, 0.3) is 0 Å². The molecule has 0 aliphatic heterocycles.